The van der Waals surface area contributed by atoms with Gasteiger partial charge in [-0.25, -0.2) is 0 Å². The van der Waals surface area contributed by atoms with Crippen LogP contribution in [0, 0.1) is 0 Å². The second-order valence-corrected chi connectivity index (χ2v) is 13.9. The van der Waals surface area contributed by atoms with Gasteiger partial charge in [-0.1, -0.05) is 146 Å². The van der Waals surface area contributed by atoms with E-state index in [0.717, 1.165) is 77.2 Å². The number of hydrogen-bond acceptors (Lipinski definition) is 6. The minimum absolute atomic E-state index is 0.190. The highest BCUT2D eigenvalue weighted by Gasteiger charge is 2.28. The van der Waals surface area contributed by atoms with E-state index in [-0.39, 0.29) is 5.56 Å². The number of phenols is 5. The average molecular weight is 729 g/mol. The number of phenolic OH excluding ortho intramolecular Hbond substituents is 5. The molecule has 9 aromatic carbocycles. The van der Waals surface area contributed by atoms with Crippen LogP contribution in [-0.4, -0.2) is 25.5 Å². The first-order valence-electron chi connectivity index (χ1n) is 18.2. The first-order valence-corrected chi connectivity index (χ1v) is 18.2. The van der Waals surface area contributed by atoms with Crippen molar-refractivity contribution in [3.8, 4) is 84.4 Å². The van der Waals surface area contributed by atoms with E-state index in [9.17, 15) is 25.5 Å². The number of fused-ring (bicyclic) bond motifs is 5. The summed E-state index contributed by atoms with van der Waals surface area (Å²) in [6.07, 6.45) is 0. The molecule has 0 radical (unpaired) electrons. The summed E-state index contributed by atoms with van der Waals surface area (Å²) in [5, 5.41) is 58.5. The van der Waals surface area contributed by atoms with Crippen molar-refractivity contribution in [1.82, 2.24) is 0 Å². The van der Waals surface area contributed by atoms with Gasteiger partial charge in [0.1, 0.15) is 11.2 Å². The third kappa shape index (κ3) is 4.97. The zero-order valence-electron chi connectivity index (χ0n) is 29.7. The fourth-order valence-corrected chi connectivity index (χ4v) is 8.23. The fraction of sp³-hybridized carbons (Fsp3) is 0. The van der Waals surface area contributed by atoms with E-state index in [0.29, 0.717) is 16.3 Å². The number of furan rings is 1. The molecule has 0 aliphatic carbocycles. The van der Waals surface area contributed by atoms with Crippen LogP contribution in [-0.2, 0) is 0 Å². The van der Waals surface area contributed by atoms with Gasteiger partial charge in [0.2, 0.25) is 17.2 Å². The molecular weight excluding hydrogens is 697 g/mol. The molecule has 6 heteroatoms. The molecule has 0 aliphatic rings. The molecule has 0 saturated heterocycles. The van der Waals surface area contributed by atoms with Crippen molar-refractivity contribution in [2.45, 2.75) is 0 Å². The minimum Gasteiger partial charge on any atom is -0.504 e. The maximum atomic E-state index is 11.1. The van der Waals surface area contributed by atoms with Crippen molar-refractivity contribution in [2.75, 3.05) is 0 Å². The second-order valence-electron chi connectivity index (χ2n) is 13.9. The highest BCUT2D eigenvalue weighted by atomic mass is 16.4. The van der Waals surface area contributed by atoms with Gasteiger partial charge in [-0.05, 0) is 78.7 Å². The summed E-state index contributed by atoms with van der Waals surface area (Å²) in [5.74, 6) is -4.34. The van der Waals surface area contributed by atoms with Crippen LogP contribution in [0.3, 0.4) is 0 Å². The Kier molecular flexibility index (Phi) is 7.47. The van der Waals surface area contributed by atoms with E-state index >= 15 is 0 Å². The van der Waals surface area contributed by atoms with E-state index in [1.165, 1.54) is 0 Å². The summed E-state index contributed by atoms with van der Waals surface area (Å²) >= 11 is 0. The molecule has 0 amide bonds. The topological polar surface area (TPSA) is 114 Å². The molecule has 1 heterocycles. The Balaban J connectivity index is 1.25. The number of aromatic hydroxyl groups is 5. The number of benzene rings is 9. The predicted octanol–water partition coefficient (Wildman–Crippen LogP) is 12.8. The Hall–Kier alpha value is -7.70. The lowest BCUT2D eigenvalue weighted by Crippen LogP contribution is -1.92. The molecular formula is C50H32O6. The molecule has 1 aromatic heterocycles. The van der Waals surface area contributed by atoms with Gasteiger partial charge in [0.25, 0.3) is 0 Å². The molecule has 10 rings (SSSR count). The van der Waals surface area contributed by atoms with E-state index < -0.39 is 28.7 Å². The van der Waals surface area contributed by atoms with Crippen molar-refractivity contribution >= 4 is 43.5 Å². The van der Waals surface area contributed by atoms with E-state index in [4.69, 9.17) is 4.42 Å². The summed E-state index contributed by atoms with van der Waals surface area (Å²) in [6, 6.07) is 54.9. The van der Waals surface area contributed by atoms with Gasteiger partial charge in [0.05, 0.1) is 5.56 Å². The van der Waals surface area contributed by atoms with Crippen LogP contribution in [0.15, 0.2) is 168 Å². The maximum Gasteiger partial charge on any atom is 0.208 e. The van der Waals surface area contributed by atoms with Gasteiger partial charge in [-0.2, -0.15) is 0 Å². The van der Waals surface area contributed by atoms with Gasteiger partial charge in [-0.15, -0.1) is 0 Å². The van der Waals surface area contributed by atoms with Crippen molar-refractivity contribution in [1.29, 1.82) is 0 Å². The lowest BCUT2D eigenvalue weighted by Gasteiger charge is -2.20. The molecule has 0 unspecified atom stereocenters. The first kappa shape index (κ1) is 32.9. The molecule has 0 aliphatic heterocycles. The monoisotopic (exact) mass is 728 g/mol. The minimum atomic E-state index is -1.00. The van der Waals surface area contributed by atoms with Gasteiger partial charge in [0.15, 0.2) is 11.5 Å². The lowest BCUT2D eigenvalue weighted by molar-refractivity contribution is 0.330. The molecule has 0 fully saturated rings. The molecule has 56 heavy (non-hydrogen) atoms. The van der Waals surface area contributed by atoms with E-state index in [2.05, 4.69) is 66.7 Å². The number of rotatable bonds is 5. The van der Waals surface area contributed by atoms with Crippen LogP contribution in [0.2, 0.25) is 0 Å². The Bertz CT molecular complexity index is 3080. The molecule has 10 aromatic rings. The molecule has 0 spiro atoms. The normalized spacial score (nSPS) is 11.6. The molecule has 0 bridgehead atoms. The quantitative estimate of drug-likeness (QED) is 0.0685. The zero-order chi connectivity index (χ0) is 38.1. The highest BCUT2D eigenvalue weighted by molar-refractivity contribution is 6.24. The van der Waals surface area contributed by atoms with Crippen LogP contribution in [0.5, 0.6) is 28.7 Å². The van der Waals surface area contributed by atoms with Crippen LogP contribution in [0.1, 0.15) is 0 Å². The molecule has 0 atom stereocenters. The largest absolute Gasteiger partial charge is 0.504 e. The summed E-state index contributed by atoms with van der Waals surface area (Å²) in [6.45, 7) is 0. The number of hydrogen-bond donors (Lipinski definition) is 5. The third-order valence-corrected chi connectivity index (χ3v) is 10.8. The smallest absolute Gasteiger partial charge is 0.208 e. The third-order valence-electron chi connectivity index (χ3n) is 10.8. The highest BCUT2D eigenvalue weighted by Crippen LogP contribution is 2.58. The second kappa shape index (κ2) is 12.7. The van der Waals surface area contributed by atoms with Crippen LogP contribution >= 0.6 is 0 Å². The molecule has 6 nitrogen and oxygen atoms in total. The summed E-state index contributed by atoms with van der Waals surface area (Å²) in [5.41, 5.74) is 9.98. The Labute approximate surface area is 320 Å². The standard InChI is InChI=1S/C50H32O6/c51-45-44(46(52)48(54)49(55)47(45)53)42-37-17-9-7-15-35(37)41(36-16-8-10-18-38(36)42)32-23-26-40-39(27-32)43-33(24-25-34(50(43)56-40)30-13-5-2-6-14-30)31-21-19-29(20-22-31)28-11-3-1-4-12-28/h1-27,51-55H. The van der Waals surface area contributed by atoms with Gasteiger partial charge in [0, 0.05) is 21.9 Å². The first-order chi connectivity index (χ1) is 27.4. The summed E-state index contributed by atoms with van der Waals surface area (Å²) in [4.78, 5) is 0. The Morgan fingerprint density at radius 2 is 0.732 bits per heavy atom. The van der Waals surface area contributed by atoms with Crippen molar-refractivity contribution < 1.29 is 29.9 Å². The summed E-state index contributed by atoms with van der Waals surface area (Å²) in [7, 11) is 0. The van der Waals surface area contributed by atoms with Crippen molar-refractivity contribution in [2.24, 2.45) is 0 Å². The SMILES string of the molecule is Oc1c(O)c(O)c(-c2c3ccccc3c(-c3ccc4oc5c(-c6ccccc6)ccc(-c6ccc(-c7ccccc7)cc6)c5c4c3)c3ccccc23)c(O)c1O. The van der Waals surface area contributed by atoms with Gasteiger partial charge < -0.3 is 29.9 Å². The Morgan fingerprint density at radius 3 is 1.32 bits per heavy atom. The molecule has 5 N–H and O–H groups in total. The average Bonchev–Trinajstić information content (AvgIpc) is 3.64. The van der Waals surface area contributed by atoms with Crippen molar-refractivity contribution in [3.63, 3.8) is 0 Å². The molecule has 0 saturated carbocycles. The van der Waals surface area contributed by atoms with Gasteiger partial charge >= 0.3 is 0 Å². The van der Waals surface area contributed by atoms with Crippen LogP contribution < -0.4 is 0 Å². The lowest BCUT2D eigenvalue weighted by atomic mass is 9.85. The molecule has 268 valence electrons. The fourth-order valence-electron chi connectivity index (χ4n) is 8.23. The van der Waals surface area contributed by atoms with Crippen LogP contribution in [0.4, 0.5) is 0 Å². The predicted molar refractivity (Wildman–Crippen MR) is 224 cm³/mol. The zero-order valence-corrected chi connectivity index (χ0v) is 29.7. The van der Waals surface area contributed by atoms with Crippen LogP contribution in [0.25, 0.3) is 99.1 Å². The van der Waals surface area contributed by atoms with Crippen molar-refractivity contribution in [3.05, 3.63) is 164 Å². The summed E-state index contributed by atoms with van der Waals surface area (Å²) < 4.78 is 6.77. The maximum absolute atomic E-state index is 11.1. The van der Waals surface area contributed by atoms with Gasteiger partial charge in [-0.3, -0.25) is 0 Å². The Morgan fingerprint density at radius 1 is 0.304 bits per heavy atom. The van der Waals surface area contributed by atoms with E-state index in [1.807, 2.05) is 97.1 Å². The van der Waals surface area contributed by atoms with E-state index in [1.54, 1.807) is 0 Å².